The molecule has 2 heterocycles. The van der Waals surface area contributed by atoms with Crippen LogP contribution in [0.1, 0.15) is 59.3 Å². The van der Waals surface area contributed by atoms with Crippen molar-refractivity contribution < 1.29 is 23.7 Å². The molecule has 2 saturated heterocycles. The van der Waals surface area contributed by atoms with E-state index < -0.39 is 6.29 Å². The molecular weight excluding hydrogens is 296 g/mol. The van der Waals surface area contributed by atoms with Gasteiger partial charge < -0.3 is 18.9 Å². The topological polar surface area (TPSA) is 60.6 Å². The maximum absolute atomic E-state index is 12.3. The zero-order chi connectivity index (χ0) is 16.2. The number of esters is 1. The van der Waals surface area contributed by atoms with E-state index >= 15 is 0 Å². The second-order valence-electron chi connectivity index (χ2n) is 8.29. The molecule has 2 aliphatic heterocycles. The number of ether oxygens (including phenoxy) is 4. The molecule has 0 aromatic rings. The van der Waals surface area contributed by atoms with Gasteiger partial charge in [0.1, 0.15) is 0 Å². The van der Waals surface area contributed by atoms with Gasteiger partial charge in [0.2, 0.25) is 0 Å². The van der Waals surface area contributed by atoms with Crippen molar-refractivity contribution in [1.29, 1.82) is 0 Å². The lowest BCUT2D eigenvalue weighted by atomic mass is 9.82. The van der Waals surface area contributed by atoms with Crippen molar-refractivity contribution in [1.82, 2.24) is 0 Å². The predicted molar refractivity (Wildman–Crippen MR) is 82.7 cm³/mol. The second-order valence-corrected chi connectivity index (χ2v) is 8.29. The summed E-state index contributed by atoms with van der Waals surface area (Å²) in [7, 11) is 0. The molecule has 7 atom stereocenters. The van der Waals surface area contributed by atoms with Crippen LogP contribution in [-0.4, -0.2) is 42.3 Å². The van der Waals surface area contributed by atoms with Gasteiger partial charge in [0.05, 0.1) is 35.9 Å². The number of rotatable bonds is 5. The summed E-state index contributed by atoms with van der Waals surface area (Å²) in [6, 6.07) is 0. The monoisotopic (exact) mass is 324 g/mol. The SMILES string of the molecule is CC(OCC1CCC2(C)OC2C1)OC(=O)C1CCC2OC2(C)C1. The summed E-state index contributed by atoms with van der Waals surface area (Å²) in [5.41, 5.74) is 0.0689. The molecule has 0 N–H and O–H groups in total. The zero-order valence-corrected chi connectivity index (χ0v) is 14.4. The third-order valence-electron chi connectivity index (χ3n) is 6.28. The number of hydrogen-bond acceptors (Lipinski definition) is 5. The Hall–Kier alpha value is -0.650. The molecule has 4 fully saturated rings. The van der Waals surface area contributed by atoms with Crippen LogP contribution < -0.4 is 0 Å². The lowest BCUT2D eigenvalue weighted by molar-refractivity contribution is -0.183. The molecule has 5 heteroatoms. The van der Waals surface area contributed by atoms with Crippen molar-refractivity contribution in [2.75, 3.05) is 6.61 Å². The van der Waals surface area contributed by atoms with E-state index in [4.69, 9.17) is 18.9 Å². The van der Waals surface area contributed by atoms with Crippen LogP contribution in [0.5, 0.6) is 0 Å². The Balaban J connectivity index is 1.18. The third kappa shape index (κ3) is 3.15. The average molecular weight is 324 g/mol. The minimum Gasteiger partial charge on any atom is -0.436 e. The summed E-state index contributed by atoms with van der Waals surface area (Å²) >= 11 is 0. The van der Waals surface area contributed by atoms with Gasteiger partial charge in [0.25, 0.3) is 0 Å². The lowest BCUT2D eigenvalue weighted by Crippen LogP contribution is -2.32. The minimum absolute atomic E-state index is 0.0416. The van der Waals surface area contributed by atoms with E-state index in [0.29, 0.717) is 24.7 Å². The van der Waals surface area contributed by atoms with Gasteiger partial charge in [-0.05, 0) is 65.2 Å². The predicted octanol–water partition coefficient (Wildman–Crippen LogP) is 2.81. The quantitative estimate of drug-likeness (QED) is 0.442. The molecule has 4 rings (SSSR count). The van der Waals surface area contributed by atoms with Crippen molar-refractivity contribution in [2.24, 2.45) is 11.8 Å². The number of carbonyl (C=O) groups excluding carboxylic acids is 1. The standard InChI is InChI=1S/C18H28O5/c1-11(20-10-12-6-7-17(2)15(8-12)23-17)21-16(19)13-4-5-14-18(3,9-13)22-14/h11-15H,4-10H2,1-3H3. The molecule has 2 saturated carbocycles. The Labute approximate surface area is 138 Å². The van der Waals surface area contributed by atoms with E-state index in [-0.39, 0.29) is 23.1 Å². The van der Waals surface area contributed by atoms with Gasteiger partial charge >= 0.3 is 5.97 Å². The van der Waals surface area contributed by atoms with Crippen LogP contribution in [0.15, 0.2) is 0 Å². The fourth-order valence-corrected chi connectivity index (χ4v) is 4.42. The zero-order valence-electron chi connectivity index (χ0n) is 14.4. The summed E-state index contributed by atoms with van der Waals surface area (Å²) in [6.07, 6.45) is 6.23. The Morgan fingerprint density at radius 3 is 2.70 bits per heavy atom. The highest BCUT2D eigenvalue weighted by atomic mass is 16.7. The van der Waals surface area contributed by atoms with Crippen molar-refractivity contribution in [2.45, 2.75) is 89.0 Å². The van der Waals surface area contributed by atoms with E-state index in [1.54, 1.807) is 0 Å². The normalized spacial score (nSPS) is 48.8. The Bertz CT molecular complexity index is 494. The third-order valence-corrected chi connectivity index (χ3v) is 6.28. The summed E-state index contributed by atoms with van der Waals surface area (Å²) in [4.78, 5) is 12.3. The van der Waals surface area contributed by atoms with Crippen molar-refractivity contribution in [3.05, 3.63) is 0 Å². The van der Waals surface area contributed by atoms with Gasteiger partial charge in [0, 0.05) is 0 Å². The van der Waals surface area contributed by atoms with Crippen LogP contribution >= 0.6 is 0 Å². The number of epoxide rings is 2. The van der Waals surface area contributed by atoms with Crippen LogP contribution in [0, 0.1) is 11.8 Å². The lowest BCUT2D eigenvalue weighted by Gasteiger charge is -2.26. The molecule has 23 heavy (non-hydrogen) atoms. The summed E-state index contributed by atoms with van der Waals surface area (Å²) in [5, 5.41) is 0. The van der Waals surface area contributed by atoms with Crippen LogP contribution in [0.25, 0.3) is 0 Å². The van der Waals surface area contributed by atoms with E-state index in [1.807, 2.05) is 6.92 Å². The highest BCUT2D eigenvalue weighted by Gasteiger charge is 2.57. The smallest absolute Gasteiger partial charge is 0.311 e. The molecule has 0 amide bonds. The first-order valence-electron chi connectivity index (χ1n) is 9.06. The maximum atomic E-state index is 12.3. The molecule has 0 spiro atoms. The highest BCUT2D eigenvalue weighted by molar-refractivity contribution is 5.73. The number of hydrogen-bond donors (Lipinski definition) is 0. The Morgan fingerprint density at radius 1 is 1.17 bits per heavy atom. The van der Waals surface area contributed by atoms with Gasteiger partial charge in [-0.1, -0.05) is 0 Å². The van der Waals surface area contributed by atoms with Crippen LogP contribution in [0.4, 0.5) is 0 Å². The molecular formula is C18H28O5. The number of carbonyl (C=O) groups is 1. The Kier molecular flexibility index (Phi) is 3.74. The van der Waals surface area contributed by atoms with Crippen LogP contribution in [0.3, 0.4) is 0 Å². The summed E-state index contributed by atoms with van der Waals surface area (Å²) < 4.78 is 22.6. The minimum atomic E-state index is -0.471. The van der Waals surface area contributed by atoms with Crippen molar-refractivity contribution >= 4 is 5.97 Å². The van der Waals surface area contributed by atoms with E-state index in [0.717, 1.165) is 38.5 Å². The molecule has 130 valence electrons. The number of fused-ring (bicyclic) bond motifs is 2. The van der Waals surface area contributed by atoms with Gasteiger partial charge in [-0.2, -0.15) is 0 Å². The molecule has 0 aromatic heterocycles. The second kappa shape index (κ2) is 5.43. The Morgan fingerprint density at radius 2 is 1.96 bits per heavy atom. The fourth-order valence-electron chi connectivity index (χ4n) is 4.42. The average Bonchev–Trinajstić information content (AvgIpc) is 3.36. The van der Waals surface area contributed by atoms with Gasteiger partial charge in [-0.15, -0.1) is 0 Å². The molecule has 4 aliphatic rings. The van der Waals surface area contributed by atoms with Gasteiger partial charge in [0.15, 0.2) is 6.29 Å². The van der Waals surface area contributed by atoms with Crippen molar-refractivity contribution in [3.63, 3.8) is 0 Å². The molecule has 0 aromatic carbocycles. The van der Waals surface area contributed by atoms with Gasteiger partial charge in [-0.25, -0.2) is 0 Å². The van der Waals surface area contributed by atoms with E-state index in [1.165, 1.54) is 0 Å². The molecule has 7 unspecified atom stereocenters. The first kappa shape index (κ1) is 15.9. The summed E-state index contributed by atoms with van der Waals surface area (Å²) in [5.74, 6) is 0.348. The molecule has 2 aliphatic carbocycles. The molecule has 5 nitrogen and oxygen atoms in total. The molecule has 0 radical (unpaired) electrons. The first-order chi connectivity index (χ1) is 10.9. The van der Waals surface area contributed by atoms with Gasteiger partial charge in [-0.3, -0.25) is 4.79 Å². The first-order valence-corrected chi connectivity index (χ1v) is 9.06. The van der Waals surface area contributed by atoms with E-state index in [2.05, 4.69) is 13.8 Å². The maximum Gasteiger partial charge on any atom is 0.311 e. The van der Waals surface area contributed by atoms with Crippen LogP contribution in [-0.2, 0) is 23.7 Å². The summed E-state index contributed by atoms with van der Waals surface area (Å²) in [6.45, 7) is 6.75. The van der Waals surface area contributed by atoms with E-state index in [9.17, 15) is 4.79 Å². The molecule has 0 bridgehead atoms. The fraction of sp³-hybridized carbons (Fsp3) is 0.944. The van der Waals surface area contributed by atoms with Crippen LogP contribution in [0.2, 0.25) is 0 Å². The van der Waals surface area contributed by atoms with Crippen molar-refractivity contribution in [3.8, 4) is 0 Å². The largest absolute Gasteiger partial charge is 0.436 e. The highest BCUT2D eigenvalue weighted by Crippen LogP contribution is 2.50.